The zero-order chi connectivity index (χ0) is 15.8. The van der Waals surface area contributed by atoms with E-state index in [9.17, 15) is 9.59 Å². The third kappa shape index (κ3) is 6.14. The molecule has 1 rings (SSSR count). The molecule has 5 nitrogen and oxygen atoms in total. The average molecular weight is 313 g/mol. The molecule has 21 heavy (non-hydrogen) atoms. The van der Waals surface area contributed by atoms with Gasteiger partial charge in [-0.2, -0.15) is 0 Å². The summed E-state index contributed by atoms with van der Waals surface area (Å²) in [5, 5.41) is 7.96. The lowest BCUT2D eigenvalue weighted by Gasteiger charge is -2.14. The minimum atomic E-state index is -0.517. The fourth-order valence-electron chi connectivity index (χ4n) is 1.88. The van der Waals surface area contributed by atoms with E-state index in [1.807, 2.05) is 43.4 Å². The van der Waals surface area contributed by atoms with Gasteiger partial charge in [-0.1, -0.05) is 23.7 Å². The lowest BCUT2D eigenvalue weighted by molar-refractivity contribution is -0.682. The van der Waals surface area contributed by atoms with E-state index in [2.05, 4.69) is 10.6 Å². The van der Waals surface area contributed by atoms with Crippen molar-refractivity contribution in [1.82, 2.24) is 10.6 Å². The quantitative estimate of drug-likeness (QED) is 0.690. The highest BCUT2D eigenvalue weighted by molar-refractivity contribution is 6.30. The molecule has 0 unspecified atom stereocenters. The number of quaternary nitrogens is 1. The van der Waals surface area contributed by atoms with Gasteiger partial charge in [0.25, 0.3) is 5.91 Å². The van der Waals surface area contributed by atoms with Crippen LogP contribution in [0.25, 0.3) is 0 Å². The van der Waals surface area contributed by atoms with Crippen molar-refractivity contribution in [3.8, 4) is 0 Å². The largest absolute Gasteiger partial charge is 0.355 e. The fourth-order valence-corrected chi connectivity index (χ4v) is 2.01. The topological polar surface area (TPSA) is 74.8 Å². The number of carbonyl (C=O) groups is 2. The van der Waals surface area contributed by atoms with Crippen LogP contribution in [0, 0.1) is 0 Å². The first kappa shape index (κ1) is 17.5. The third-order valence-electron chi connectivity index (χ3n) is 3.17. The lowest BCUT2D eigenvalue weighted by atomic mass is 10.1. The summed E-state index contributed by atoms with van der Waals surface area (Å²) in [6, 6.07) is 7.18. The Morgan fingerprint density at radius 3 is 2.43 bits per heavy atom. The van der Waals surface area contributed by atoms with Gasteiger partial charge in [0.2, 0.25) is 5.91 Å². The van der Waals surface area contributed by atoms with E-state index in [4.69, 9.17) is 11.6 Å². The summed E-state index contributed by atoms with van der Waals surface area (Å²) in [4.78, 5) is 23.3. The molecule has 0 aliphatic rings. The van der Waals surface area contributed by atoms with Gasteiger partial charge in [-0.15, -0.1) is 0 Å². The number of hydrogen-bond donors (Lipinski definition) is 3. The molecule has 0 aliphatic heterocycles. The highest BCUT2D eigenvalue weighted by Gasteiger charge is 2.17. The van der Waals surface area contributed by atoms with E-state index in [-0.39, 0.29) is 24.4 Å². The zero-order valence-corrected chi connectivity index (χ0v) is 13.4. The van der Waals surface area contributed by atoms with Gasteiger partial charge in [0.15, 0.2) is 6.54 Å². The van der Waals surface area contributed by atoms with E-state index in [0.717, 1.165) is 5.56 Å². The third-order valence-corrected chi connectivity index (χ3v) is 3.43. The van der Waals surface area contributed by atoms with Crippen LogP contribution >= 0.6 is 11.6 Å². The molecular formula is C15H23ClN3O2+. The first-order valence-corrected chi connectivity index (χ1v) is 7.47. The lowest BCUT2D eigenvalue weighted by Crippen LogP contribution is -2.87. The van der Waals surface area contributed by atoms with Crippen molar-refractivity contribution in [3.05, 3.63) is 34.9 Å². The molecule has 0 saturated heterocycles. The number of likely N-dealkylation sites (N-methyl/N-ethyl adjacent to an activating group) is 1. The predicted molar refractivity (Wildman–Crippen MR) is 82.9 cm³/mol. The van der Waals surface area contributed by atoms with Crippen LogP contribution in [0.3, 0.4) is 0 Å². The monoisotopic (exact) mass is 312 g/mol. The molecule has 0 aromatic heterocycles. The van der Waals surface area contributed by atoms with Crippen molar-refractivity contribution in [2.24, 2.45) is 0 Å². The Labute approximate surface area is 130 Å². The molecule has 1 aromatic rings. The van der Waals surface area contributed by atoms with Crippen molar-refractivity contribution >= 4 is 23.4 Å². The van der Waals surface area contributed by atoms with Crippen molar-refractivity contribution in [3.63, 3.8) is 0 Å². The van der Waals surface area contributed by atoms with Crippen molar-refractivity contribution in [2.75, 3.05) is 13.1 Å². The van der Waals surface area contributed by atoms with Gasteiger partial charge in [-0.3, -0.25) is 9.59 Å². The molecule has 4 N–H and O–H groups in total. The highest BCUT2D eigenvalue weighted by Crippen LogP contribution is 2.13. The number of halogens is 1. The maximum absolute atomic E-state index is 11.8. The number of carbonyl (C=O) groups excluding carboxylic acids is 2. The van der Waals surface area contributed by atoms with Crippen LogP contribution < -0.4 is 16.0 Å². The molecule has 0 fully saturated rings. The Balaban J connectivity index is 2.38. The Kier molecular flexibility index (Phi) is 7.19. The molecule has 0 bridgehead atoms. The van der Waals surface area contributed by atoms with Gasteiger partial charge in [0, 0.05) is 17.1 Å². The molecule has 0 heterocycles. The summed E-state index contributed by atoms with van der Waals surface area (Å²) in [5.74, 6) is -0.328. The minimum absolute atomic E-state index is 0.146. The molecule has 0 spiro atoms. The second-order valence-electron chi connectivity index (χ2n) is 4.96. The van der Waals surface area contributed by atoms with E-state index in [0.29, 0.717) is 11.6 Å². The van der Waals surface area contributed by atoms with Crippen LogP contribution in [0.2, 0.25) is 5.02 Å². The van der Waals surface area contributed by atoms with Crippen molar-refractivity contribution in [2.45, 2.75) is 32.9 Å². The summed E-state index contributed by atoms with van der Waals surface area (Å²) >= 11 is 5.84. The summed E-state index contributed by atoms with van der Waals surface area (Å²) in [7, 11) is 0. The Bertz CT molecular complexity index is 476. The number of benzene rings is 1. The predicted octanol–water partition coefficient (Wildman–Crippen LogP) is 0.605. The summed E-state index contributed by atoms with van der Waals surface area (Å²) in [5.41, 5.74) is 1.10. The van der Waals surface area contributed by atoms with Gasteiger partial charge < -0.3 is 16.0 Å². The molecule has 0 saturated carbocycles. The van der Waals surface area contributed by atoms with Crippen LogP contribution in [0.1, 0.15) is 32.4 Å². The molecule has 0 radical (unpaired) electrons. The van der Waals surface area contributed by atoms with E-state index < -0.39 is 6.04 Å². The Morgan fingerprint density at radius 2 is 1.86 bits per heavy atom. The van der Waals surface area contributed by atoms with Gasteiger partial charge in [-0.25, -0.2) is 0 Å². The van der Waals surface area contributed by atoms with Crippen LogP contribution in [0.5, 0.6) is 0 Å². The maximum Gasteiger partial charge on any atom is 0.275 e. The Morgan fingerprint density at radius 1 is 1.24 bits per heavy atom. The second-order valence-corrected chi connectivity index (χ2v) is 5.40. The number of nitrogens with two attached hydrogens (primary N) is 1. The second kappa shape index (κ2) is 8.64. The number of hydrogen-bond acceptors (Lipinski definition) is 2. The molecule has 2 atom stereocenters. The molecular weight excluding hydrogens is 290 g/mol. The average Bonchev–Trinajstić information content (AvgIpc) is 2.45. The molecule has 0 aliphatic carbocycles. The zero-order valence-electron chi connectivity index (χ0n) is 12.7. The summed E-state index contributed by atoms with van der Waals surface area (Å²) < 4.78 is 0. The standard InChI is InChI=1S/C15H22ClN3O2/c1-4-17-15(21)11(3)19-14(20)9-18-10(2)12-5-7-13(16)8-6-12/h5-8,10-11,18H,4,9H2,1-3H3,(H,17,21)(H,19,20)/p+1/t10-,11+/m1/s1. The van der Waals surface area contributed by atoms with E-state index >= 15 is 0 Å². The smallest absolute Gasteiger partial charge is 0.275 e. The minimum Gasteiger partial charge on any atom is -0.355 e. The van der Waals surface area contributed by atoms with Crippen molar-refractivity contribution < 1.29 is 14.9 Å². The van der Waals surface area contributed by atoms with Crippen LogP contribution in [0.4, 0.5) is 0 Å². The highest BCUT2D eigenvalue weighted by atomic mass is 35.5. The summed E-state index contributed by atoms with van der Waals surface area (Å²) in [6.45, 7) is 6.36. The number of rotatable bonds is 7. The first-order valence-electron chi connectivity index (χ1n) is 7.10. The molecule has 2 amide bonds. The number of nitrogens with one attached hydrogen (secondary N) is 2. The Hall–Kier alpha value is -1.59. The number of amides is 2. The van der Waals surface area contributed by atoms with Gasteiger partial charge in [-0.05, 0) is 32.9 Å². The molecule has 116 valence electrons. The van der Waals surface area contributed by atoms with Crippen LogP contribution in [-0.2, 0) is 9.59 Å². The van der Waals surface area contributed by atoms with Crippen molar-refractivity contribution in [1.29, 1.82) is 0 Å². The SMILES string of the molecule is CCNC(=O)[C@H](C)NC(=O)C[NH2+][C@H](C)c1ccc(Cl)cc1. The van der Waals surface area contributed by atoms with Crippen LogP contribution in [-0.4, -0.2) is 30.9 Å². The summed E-state index contributed by atoms with van der Waals surface area (Å²) in [6.07, 6.45) is 0. The van der Waals surface area contributed by atoms with Gasteiger partial charge >= 0.3 is 0 Å². The molecule has 1 aromatic carbocycles. The van der Waals surface area contributed by atoms with Gasteiger partial charge in [0.1, 0.15) is 12.1 Å². The van der Waals surface area contributed by atoms with E-state index in [1.54, 1.807) is 6.92 Å². The molecule has 6 heteroatoms. The van der Waals surface area contributed by atoms with E-state index in [1.165, 1.54) is 0 Å². The normalized spacial score (nSPS) is 13.3. The van der Waals surface area contributed by atoms with Gasteiger partial charge in [0.05, 0.1) is 0 Å². The fraction of sp³-hybridized carbons (Fsp3) is 0.467. The maximum atomic E-state index is 11.8. The van der Waals surface area contributed by atoms with Crippen LogP contribution in [0.15, 0.2) is 24.3 Å². The first-order chi connectivity index (χ1) is 9.93.